The number of hydrogen-bond donors (Lipinski definition) is 3. The van der Waals surface area contributed by atoms with E-state index in [1.807, 2.05) is 19.9 Å². The quantitative estimate of drug-likeness (QED) is 0.671. The number of aromatic nitrogens is 2. The number of hydrogen-bond acceptors (Lipinski definition) is 7. The third-order valence-electron chi connectivity index (χ3n) is 4.86. The molecule has 0 radical (unpaired) electrons. The first kappa shape index (κ1) is 21.0. The van der Waals surface area contributed by atoms with Gasteiger partial charge in [-0.1, -0.05) is 30.7 Å². The molecule has 0 bridgehead atoms. The first-order valence-corrected chi connectivity index (χ1v) is 9.74. The standard InChI is InChI=1S/C20H25ClN2O5/c1-3-15-16(24)17(25)18(26)19(28-15)12-5-6-14(21)13(8-12)7-11-9-22-20(23-10-11)27-4-2/h5-6,8-10,15-19,24-26H,3-4,7H2,1-2H3/t15-,16-,17+,18-,19+/m1/s1. The molecule has 2 heterocycles. The second-order valence-corrected chi connectivity index (χ2v) is 7.22. The molecule has 1 aliphatic heterocycles. The minimum Gasteiger partial charge on any atom is -0.464 e. The number of halogens is 1. The van der Waals surface area contributed by atoms with E-state index in [0.29, 0.717) is 36.0 Å². The van der Waals surface area contributed by atoms with Crippen molar-refractivity contribution < 1.29 is 24.8 Å². The van der Waals surface area contributed by atoms with Gasteiger partial charge in [0.25, 0.3) is 0 Å². The topological polar surface area (TPSA) is 105 Å². The molecule has 152 valence electrons. The third-order valence-corrected chi connectivity index (χ3v) is 5.23. The highest BCUT2D eigenvalue weighted by Crippen LogP contribution is 2.35. The number of rotatable bonds is 6. The van der Waals surface area contributed by atoms with Crippen LogP contribution in [0.1, 0.15) is 43.1 Å². The lowest BCUT2D eigenvalue weighted by Crippen LogP contribution is -2.53. The molecule has 0 spiro atoms. The highest BCUT2D eigenvalue weighted by molar-refractivity contribution is 6.31. The minimum absolute atomic E-state index is 0.322. The molecule has 1 aromatic heterocycles. The average molecular weight is 409 g/mol. The Kier molecular flexibility index (Phi) is 6.85. The predicted octanol–water partition coefficient (Wildman–Crippen LogP) is 2.05. The molecule has 5 atom stereocenters. The van der Waals surface area contributed by atoms with E-state index in [0.717, 1.165) is 11.1 Å². The Hall–Kier alpha value is -1.77. The van der Waals surface area contributed by atoms with Crippen LogP contribution in [0, 0.1) is 0 Å². The zero-order valence-corrected chi connectivity index (χ0v) is 16.6. The molecule has 7 nitrogen and oxygen atoms in total. The Morgan fingerprint density at radius 3 is 2.43 bits per heavy atom. The van der Waals surface area contributed by atoms with E-state index in [2.05, 4.69) is 9.97 Å². The van der Waals surface area contributed by atoms with Crippen molar-refractivity contribution in [2.45, 2.75) is 57.2 Å². The molecular weight excluding hydrogens is 384 g/mol. The summed E-state index contributed by atoms with van der Waals surface area (Å²) in [6, 6.07) is 5.65. The second-order valence-electron chi connectivity index (χ2n) is 6.81. The van der Waals surface area contributed by atoms with Crippen LogP contribution in [0.25, 0.3) is 0 Å². The Morgan fingerprint density at radius 2 is 1.79 bits per heavy atom. The number of ether oxygens (including phenoxy) is 2. The van der Waals surface area contributed by atoms with E-state index < -0.39 is 30.5 Å². The first-order chi connectivity index (χ1) is 13.4. The fraction of sp³-hybridized carbons (Fsp3) is 0.500. The summed E-state index contributed by atoms with van der Waals surface area (Å²) < 4.78 is 11.1. The summed E-state index contributed by atoms with van der Waals surface area (Å²) in [5.74, 6) is 0. The van der Waals surface area contributed by atoms with E-state index in [-0.39, 0.29) is 0 Å². The van der Waals surface area contributed by atoms with E-state index >= 15 is 0 Å². The normalized spacial score (nSPS) is 27.6. The molecule has 2 aromatic rings. The zero-order valence-electron chi connectivity index (χ0n) is 15.8. The minimum atomic E-state index is -1.28. The number of aliphatic hydroxyl groups is 3. The van der Waals surface area contributed by atoms with Crippen molar-refractivity contribution in [2.24, 2.45) is 0 Å². The Bertz CT molecular complexity index is 787. The zero-order chi connectivity index (χ0) is 20.3. The van der Waals surface area contributed by atoms with Gasteiger partial charge in [0.05, 0.1) is 12.7 Å². The molecule has 0 unspecified atom stereocenters. The van der Waals surface area contributed by atoms with Crippen LogP contribution in [-0.2, 0) is 11.2 Å². The summed E-state index contributed by atoms with van der Waals surface area (Å²) in [5, 5.41) is 31.2. The van der Waals surface area contributed by atoms with Crippen molar-refractivity contribution in [3.05, 3.63) is 52.3 Å². The highest BCUT2D eigenvalue weighted by Gasteiger charge is 2.43. The smallest absolute Gasteiger partial charge is 0.316 e. The van der Waals surface area contributed by atoms with Gasteiger partial charge >= 0.3 is 6.01 Å². The fourth-order valence-electron chi connectivity index (χ4n) is 3.33. The van der Waals surface area contributed by atoms with Crippen LogP contribution < -0.4 is 4.74 Å². The van der Waals surface area contributed by atoms with E-state index in [9.17, 15) is 15.3 Å². The summed E-state index contributed by atoms with van der Waals surface area (Å²) >= 11 is 6.35. The monoisotopic (exact) mass is 408 g/mol. The second kappa shape index (κ2) is 9.15. The van der Waals surface area contributed by atoms with E-state index in [4.69, 9.17) is 21.1 Å². The van der Waals surface area contributed by atoms with Crippen LogP contribution in [0.4, 0.5) is 0 Å². The molecule has 28 heavy (non-hydrogen) atoms. The van der Waals surface area contributed by atoms with Gasteiger partial charge in [-0.3, -0.25) is 0 Å². The molecule has 0 saturated carbocycles. The lowest BCUT2D eigenvalue weighted by Gasteiger charge is -2.40. The predicted molar refractivity (Wildman–Crippen MR) is 103 cm³/mol. The molecule has 1 fully saturated rings. The highest BCUT2D eigenvalue weighted by atomic mass is 35.5. The summed E-state index contributed by atoms with van der Waals surface area (Å²) in [5.41, 5.74) is 2.36. The van der Waals surface area contributed by atoms with Gasteiger partial charge in [0.15, 0.2) is 0 Å². The van der Waals surface area contributed by atoms with Crippen LogP contribution in [0.5, 0.6) is 6.01 Å². The molecule has 1 aromatic carbocycles. The molecule has 0 amide bonds. The molecule has 3 N–H and O–H groups in total. The molecule has 3 rings (SSSR count). The molecule has 0 aliphatic carbocycles. The van der Waals surface area contributed by atoms with Gasteiger partial charge in [-0.2, -0.15) is 0 Å². The maximum atomic E-state index is 10.4. The Morgan fingerprint density at radius 1 is 1.07 bits per heavy atom. The lowest BCUT2D eigenvalue weighted by atomic mass is 9.89. The molecular formula is C20H25ClN2O5. The van der Waals surface area contributed by atoms with Gasteiger partial charge in [0.2, 0.25) is 0 Å². The van der Waals surface area contributed by atoms with Gasteiger partial charge in [-0.25, -0.2) is 9.97 Å². The summed E-state index contributed by atoms with van der Waals surface area (Å²) in [6.07, 6.45) is -0.569. The third kappa shape index (κ3) is 4.45. The van der Waals surface area contributed by atoms with Gasteiger partial charge in [-0.05, 0) is 36.1 Å². The molecule has 1 aliphatic rings. The lowest BCUT2D eigenvalue weighted by molar-refractivity contribution is -0.225. The van der Waals surface area contributed by atoms with Crippen LogP contribution in [0.3, 0.4) is 0 Å². The van der Waals surface area contributed by atoms with Crippen molar-refractivity contribution in [1.29, 1.82) is 0 Å². The van der Waals surface area contributed by atoms with Crippen LogP contribution >= 0.6 is 11.6 Å². The largest absolute Gasteiger partial charge is 0.464 e. The van der Waals surface area contributed by atoms with Crippen molar-refractivity contribution in [3.8, 4) is 6.01 Å². The van der Waals surface area contributed by atoms with E-state index in [1.54, 1.807) is 24.5 Å². The Labute approximate surface area is 168 Å². The maximum absolute atomic E-state index is 10.4. The van der Waals surface area contributed by atoms with E-state index in [1.165, 1.54) is 0 Å². The van der Waals surface area contributed by atoms with Gasteiger partial charge in [0, 0.05) is 23.8 Å². The van der Waals surface area contributed by atoms with Gasteiger partial charge in [0.1, 0.15) is 24.4 Å². The Balaban J connectivity index is 1.82. The summed E-state index contributed by atoms with van der Waals surface area (Å²) in [6.45, 7) is 4.22. The average Bonchev–Trinajstić information content (AvgIpc) is 2.70. The number of aliphatic hydroxyl groups excluding tert-OH is 3. The number of nitrogens with zero attached hydrogens (tertiary/aromatic N) is 2. The summed E-state index contributed by atoms with van der Waals surface area (Å²) in [4.78, 5) is 8.31. The summed E-state index contributed by atoms with van der Waals surface area (Å²) in [7, 11) is 0. The molecule has 1 saturated heterocycles. The van der Waals surface area contributed by atoms with Gasteiger partial charge < -0.3 is 24.8 Å². The van der Waals surface area contributed by atoms with Crippen LogP contribution in [-0.4, -0.2) is 56.3 Å². The van der Waals surface area contributed by atoms with Crippen molar-refractivity contribution >= 4 is 11.6 Å². The van der Waals surface area contributed by atoms with Gasteiger partial charge in [-0.15, -0.1) is 0 Å². The van der Waals surface area contributed by atoms with Crippen LogP contribution in [0.2, 0.25) is 5.02 Å². The number of benzene rings is 1. The van der Waals surface area contributed by atoms with Crippen LogP contribution in [0.15, 0.2) is 30.6 Å². The first-order valence-electron chi connectivity index (χ1n) is 9.36. The van der Waals surface area contributed by atoms with Crippen molar-refractivity contribution in [1.82, 2.24) is 9.97 Å². The SMILES string of the molecule is CCOc1ncc(Cc2cc([C@@H]3O[C@H](CC)[C@@H](O)[C@H](O)[C@H]3O)ccc2Cl)cn1. The van der Waals surface area contributed by atoms with Crippen molar-refractivity contribution in [2.75, 3.05) is 6.61 Å². The maximum Gasteiger partial charge on any atom is 0.316 e. The van der Waals surface area contributed by atoms with Crippen molar-refractivity contribution in [3.63, 3.8) is 0 Å². The fourth-order valence-corrected chi connectivity index (χ4v) is 3.51. The molecule has 8 heteroatoms.